The van der Waals surface area contributed by atoms with Crippen molar-refractivity contribution in [3.63, 3.8) is 0 Å². The van der Waals surface area contributed by atoms with Crippen LogP contribution < -0.4 is 5.32 Å². The van der Waals surface area contributed by atoms with Crippen LogP contribution in [0.3, 0.4) is 0 Å². The fourth-order valence-electron chi connectivity index (χ4n) is 3.45. The van der Waals surface area contributed by atoms with Crippen molar-refractivity contribution in [2.45, 2.75) is 38.1 Å². The molecule has 4 rings (SSSR count). The molecule has 0 saturated heterocycles. The molecule has 0 bridgehead atoms. The summed E-state index contributed by atoms with van der Waals surface area (Å²) < 4.78 is 3.46. The van der Waals surface area contributed by atoms with E-state index in [9.17, 15) is 5.11 Å². The average Bonchev–Trinajstić information content (AvgIpc) is 3.25. The van der Waals surface area contributed by atoms with Gasteiger partial charge in [0.1, 0.15) is 0 Å². The van der Waals surface area contributed by atoms with Crippen LogP contribution in [0.5, 0.6) is 0 Å². The number of nitrogens with zero attached hydrogens (tertiary/aromatic N) is 5. The van der Waals surface area contributed by atoms with E-state index in [0.29, 0.717) is 17.5 Å². The zero-order valence-electron chi connectivity index (χ0n) is 13.1. The molecular weight excluding hydrogens is 328 g/mol. The number of aliphatic hydroxyl groups is 1. The lowest BCUT2D eigenvalue weighted by Crippen LogP contribution is -2.35. The molecule has 3 atom stereocenters. The minimum Gasteiger partial charge on any atom is -0.391 e. The molecule has 1 aliphatic rings. The first-order valence-corrected chi connectivity index (χ1v) is 8.44. The van der Waals surface area contributed by atoms with E-state index in [1.54, 1.807) is 17.0 Å². The molecule has 24 heavy (non-hydrogen) atoms. The van der Waals surface area contributed by atoms with Gasteiger partial charge in [0, 0.05) is 37.1 Å². The number of aliphatic hydroxyl groups excluding tert-OH is 1. The van der Waals surface area contributed by atoms with E-state index in [1.807, 2.05) is 29.2 Å². The molecule has 7 nitrogen and oxygen atoms in total. The summed E-state index contributed by atoms with van der Waals surface area (Å²) in [6.07, 6.45) is 8.33. The lowest BCUT2D eigenvalue weighted by Gasteiger charge is -2.16. The highest BCUT2D eigenvalue weighted by molar-refractivity contribution is 6.30. The van der Waals surface area contributed by atoms with Gasteiger partial charge in [0.15, 0.2) is 0 Å². The second kappa shape index (κ2) is 6.51. The van der Waals surface area contributed by atoms with Gasteiger partial charge in [0.05, 0.1) is 29.0 Å². The predicted molar refractivity (Wildman–Crippen MR) is 89.6 cm³/mol. The monoisotopic (exact) mass is 346 g/mol. The molecule has 1 aliphatic carbocycles. The van der Waals surface area contributed by atoms with Crippen molar-refractivity contribution in [3.05, 3.63) is 47.5 Å². The van der Waals surface area contributed by atoms with Gasteiger partial charge < -0.3 is 10.4 Å². The molecule has 2 N–H and O–H groups in total. The zero-order chi connectivity index (χ0) is 16.5. The Morgan fingerprint density at radius 2 is 2.17 bits per heavy atom. The highest BCUT2D eigenvalue weighted by atomic mass is 35.5. The Kier molecular flexibility index (Phi) is 4.22. The molecule has 0 aromatic carbocycles. The lowest BCUT2D eigenvalue weighted by molar-refractivity contribution is 0.145. The summed E-state index contributed by atoms with van der Waals surface area (Å²) in [5, 5.41) is 27.1. The molecule has 8 heteroatoms. The normalized spacial score (nSPS) is 24.0. The quantitative estimate of drug-likeness (QED) is 0.732. The van der Waals surface area contributed by atoms with E-state index < -0.39 is 0 Å². The molecule has 0 spiro atoms. The van der Waals surface area contributed by atoms with Gasteiger partial charge in [0.2, 0.25) is 0 Å². The molecule has 0 amide bonds. The Balaban J connectivity index is 1.36. The van der Waals surface area contributed by atoms with Gasteiger partial charge >= 0.3 is 0 Å². The van der Waals surface area contributed by atoms with Crippen LogP contribution in [0.4, 0.5) is 0 Å². The summed E-state index contributed by atoms with van der Waals surface area (Å²) in [7, 11) is 0. The minimum atomic E-state index is -0.346. The Morgan fingerprint density at radius 1 is 1.25 bits per heavy atom. The van der Waals surface area contributed by atoms with E-state index in [4.69, 9.17) is 11.6 Å². The maximum Gasteiger partial charge on any atom is 0.0918 e. The van der Waals surface area contributed by atoms with E-state index >= 15 is 0 Å². The van der Waals surface area contributed by atoms with Crippen LogP contribution in [0.15, 0.2) is 36.9 Å². The minimum absolute atomic E-state index is 0.0765. The largest absolute Gasteiger partial charge is 0.391 e. The van der Waals surface area contributed by atoms with Gasteiger partial charge in [-0.2, -0.15) is 19.9 Å². The smallest absolute Gasteiger partial charge is 0.0918 e. The van der Waals surface area contributed by atoms with Crippen LogP contribution in [0.2, 0.25) is 5.02 Å². The van der Waals surface area contributed by atoms with E-state index in [2.05, 4.69) is 20.6 Å². The third kappa shape index (κ3) is 3.15. The van der Waals surface area contributed by atoms with Gasteiger partial charge in [-0.25, -0.2) is 0 Å². The van der Waals surface area contributed by atoms with Crippen molar-refractivity contribution < 1.29 is 5.11 Å². The van der Waals surface area contributed by atoms with E-state index in [-0.39, 0.29) is 12.1 Å². The van der Waals surface area contributed by atoms with Gasteiger partial charge in [-0.05, 0) is 30.9 Å². The van der Waals surface area contributed by atoms with Gasteiger partial charge in [-0.15, -0.1) is 0 Å². The summed E-state index contributed by atoms with van der Waals surface area (Å²) in [5.41, 5.74) is 2.07. The Morgan fingerprint density at radius 3 is 3.00 bits per heavy atom. The van der Waals surface area contributed by atoms with Crippen LogP contribution in [0.25, 0.3) is 5.52 Å². The fourth-order valence-corrected chi connectivity index (χ4v) is 3.61. The molecule has 3 aromatic heterocycles. The maximum absolute atomic E-state index is 10.3. The molecule has 0 aliphatic heterocycles. The average molecular weight is 347 g/mol. The Hall–Kier alpha value is -1.96. The summed E-state index contributed by atoms with van der Waals surface area (Å²) in [6.45, 7) is 1.44. The first-order chi connectivity index (χ1) is 11.7. The van der Waals surface area contributed by atoms with Crippen molar-refractivity contribution >= 4 is 17.1 Å². The fraction of sp³-hybridized carbons (Fsp3) is 0.438. The van der Waals surface area contributed by atoms with Crippen molar-refractivity contribution in [1.82, 2.24) is 29.9 Å². The number of nitrogens with one attached hydrogen (secondary N) is 1. The van der Waals surface area contributed by atoms with Crippen LogP contribution in [0, 0.1) is 5.92 Å². The molecule has 0 radical (unpaired) electrons. The van der Waals surface area contributed by atoms with Crippen molar-refractivity contribution in [3.8, 4) is 0 Å². The zero-order valence-corrected chi connectivity index (χ0v) is 13.8. The third-order valence-electron chi connectivity index (χ3n) is 4.61. The van der Waals surface area contributed by atoms with Gasteiger partial charge in [0.25, 0.3) is 0 Å². The topological polar surface area (TPSA) is 80.3 Å². The highest BCUT2D eigenvalue weighted by Crippen LogP contribution is 2.28. The van der Waals surface area contributed by atoms with Crippen LogP contribution in [0.1, 0.15) is 18.4 Å². The number of hydrogen-bond donors (Lipinski definition) is 2. The summed E-state index contributed by atoms with van der Waals surface area (Å²) in [6, 6.07) is 3.97. The lowest BCUT2D eigenvalue weighted by atomic mass is 10.1. The van der Waals surface area contributed by atoms with Crippen molar-refractivity contribution in [2.24, 2.45) is 5.92 Å². The molecule has 1 fully saturated rings. The number of halogens is 1. The number of rotatable bonds is 5. The molecule has 1 unspecified atom stereocenters. The second-order valence-corrected chi connectivity index (χ2v) is 6.78. The summed E-state index contributed by atoms with van der Waals surface area (Å²) >= 11 is 5.90. The first kappa shape index (κ1) is 15.6. The molecule has 3 heterocycles. The number of aromatic nitrogens is 5. The highest BCUT2D eigenvalue weighted by Gasteiger charge is 2.33. The summed E-state index contributed by atoms with van der Waals surface area (Å²) in [4.78, 5) is 0. The van der Waals surface area contributed by atoms with E-state index in [0.717, 1.165) is 30.5 Å². The standard InChI is InChI=1S/C16H19ClN6O/c17-13-8-20-22(10-13)9-11-4-14(16(24)5-11)18-6-12-7-21-23-15(12)2-1-3-19-23/h1-3,7-8,10-11,14,16,18,24H,4-6,9H2/t11?,14-,16-/m1/s1. The van der Waals surface area contributed by atoms with Gasteiger partial charge in [-0.3, -0.25) is 4.68 Å². The Bertz CT molecular complexity index is 831. The molecule has 1 saturated carbocycles. The first-order valence-electron chi connectivity index (χ1n) is 8.06. The molecule has 3 aromatic rings. The van der Waals surface area contributed by atoms with Gasteiger partial charge in [-0.1, -0.05) is 11.6 Å². The molecule has 126 valence electrons. The van der Waals surface area contributed by atoms with Crippen LogP contribution in [-0.4, -0.2) is 41.9 Å². The second-order valence-electron chi connectivity index (χ2n) is 6.34. The predicted octanol–water partition coefficient (Wildman–Crippen LogP) is 1.51. The van der Waals surface area contributed by atoms with E-state index in [1.165, 1.54) is 0 Å². The third-order valence-corrected chi connectivity index (χ3v) is 4.81. The van der Waals surface area contributed by atoms with Crippen molar-refractivity contribution in [1.29, 1.82) is 0 Å². The summed E-state index contributed by atoms with van der Waals surface area (Å²) in [5.74, 6) is 0.388. The molecular formula is C16H19ClN6O. The maximum atomic E-state index is 10.3. The van der Waals surface area contributed by atoms with Crippen LogP contribution >= 0.6 is 11.6 Å². The number of hydrogen-bond acceptors (Lipinski definition) is 5. The van der Waals surface area contributed by atoms with Crippen LogP contribution in [-0.2, 0) is 13.1 Å². The Labute approximate surface area is 144 Å². The number of fused-ring (bicyclic) bond motifs is 1. The van der Waals surface area contributed by atoms with Crippen molar-refractivity contribution in [2.75, 3.05) is 0 Å². The SMILES string of the molecule is O[C@@H]1CC(Cn2cc(Cl)cn2)C[C@H]1NCc1cnn2ncccc12.